The number of likely N-dealkylation sites (N-methyl/N-ethyl adjacent to an activating group) is 1. The van der Waals surface area contributed by atoms with E-state index in [4.69, 9.17) is 18.5 Å². The standard InChI is InChI=1S/C46H82NO10P/c1-6-8-10-12-14-16-18-20-21-22-24-26-28-30-32-36-45(50)54-40-42(41-56-58(52,53)55-39-38-47(3,4)5)57-46(51)37-33-35-44(49)43(48)34-31-29-27-25-23-19-17-15-13-11-9-7-2/h9,11,15-18,23,25,29,31,42-44,48-49H,6-8,10,12-14,19-22,24,26-28,30,32-41H2,1-5H3/b11-9-,17-15-,18-16-,25-23-,31-29-/t42-,43-,44-/m1/s1. The maximum Gasteiger partial charge on any atom is 0.306 e. The van der Waals surface area contributed by atoms with Gasteiger partial charge in [-0.05, 0) is 77.0 Å². The lowest BCUT2D eigenvalue weighted by Crippen LogP contribution is -2.37. The molecule has 0 radical (unpaired) electrons. The number of hydrogen-bond donors (Lipinski definition) is 2. The molecular weight excluding hydrogens is 757 g/mol. The summed E-state index contributed by atoms with van der Waals surface area (Å²) >= 11 is 0. The number of allylic oxidation sites excluding steroid dienone is 9. The molecular formula is C46H82NO10P. The molecule has 12 heteroatoms. The van der Waals surface area contributed by atoms with Crippen molar-refractivity contribution in [2.24, 2.45) is 0 Å². The first kappa shape index (κ1) is 55.6. The van der Waals surface area contributed by atoms with Crippen molar-refractivity contribution in [2.75, 3.05) is 47.5 Å². The average molecular weight is 840 g/mol. The van der Waals surface area contributed by atoms with Gasteiger partial charge in [-0.3, -0.25) is 14.2 Å². The minimum absolute atomic E-state index is 0.0865. The Hall–Kier alpha value is -2.37. The van der Waals surface area contributed by atoms with Crippen molar-refractivity contribution in [3.05, 3.63) is 60.8 Å². The van der Waals surface area contributed by atoms with Crippen molar-refractivity contribution < 1.29 is 52.3 Å². The van der Waals surface area contributed by atoms with E-state index in [-0.39, 0.29) is 45.3 Å². The van der Waals surface area contributed by atoms with Gasteiger partial charge in [-0.25, -0.2) is 0 Å². The van der Waals surface area contributed by atoms with E-state index < -0.39 is 44.7 Å². The maximum atomic E-state index is 12.7. The largest absolute Gasteiger partial charge is 0.756 e. The Balaban J connectivity index is 4.62. The quantitative estimate of drug-likeness (QED) is 0.0201. The van der Waals surface area contributed by atoms with Gasteiger partial charge >= 0.3 is 11.9 Å². The van der Waals surface area contributed by atoms with Gasteiger partial charge < -0.3 is 38.1 Å². The zero-order chi connectivity index (χ0) is 43.2. The molecule has 0 bridgehead atoms. The van der Waals surface area contributed by atoms with E-state index in [1.54, 1.807) is 0 Å². The lowest BCUT2D eigenvalue weighted by Gasteiger charge is -2.28. The maximum absolute atomic E-state index is 12.7. The minimum Gasteiger partial charge on any atom is -0.756 e. The number of rotatable bonds is 39. The number of quaternary nitrogens is 1. The summed E-state index contributed by atoms with van der Waals surface area (Å²) in [5.74, 6) is -1.13. The van der Waals surface area contributed by atoms with Gasteiger partial charge in [0.1, 0.15) is 19.8 Å². The van der Waals surface area contributed by atoms with Crippen LogP contribution in [-0.2, 0) is 32.7 Å². The SMILES string of the molecule is CC/C=C\C/C=C\C/C=C\C/C=C\C[C@@H](O)[C@H](O)CCCC(=O)O[C@H](COC(=O)CCCCCCCCC/C=C\CCCCCC)COP(=O)([O-])OCC[N+](C)(C)C. The summed E-state index contributed by atoms with van der Waals surface area (Å²) in [6, 6.07) is 0. The number of hydrogen-bond acceptors (Lipinski definition) is 10. The molecule has 58 heavy (non-hydrogen) atoms. The highest BCUT2D eigenvalue weighted by molar-refractivity contribution is 7.45. The molecule has 0 amide bonds. The van der Waals surface area contributed by atoms with Crippen molar-refractivity contribution in [2.45, 2.75) is 173 Å². The Morgan fingerprint density at radius 2 is 1.17 bits per heavy atom. The number of aliphatic hydroxyl groups excluding tert-OH is 2. The highest BCUT2D eigenvalue weighted by Gasteiger charge is 2.22. The van der Waals surface area contributed by atoms with Crippen LogP contribution in [0.15, 0.2) is 60.8 Å². The van der Waals surface area contributed by atoms with Crippen molar-refractivity contribution in [1.29, 1.82) is 0 Å². The Bertz CT molecular complexity index is 1210. The first-order chi connectivity index (χ1) is 27.8. The molecule has 0 saturated heterocycles. The van der Waals surface area contributed by atoms with Gasteiger partial charge in [0, 0.05) is 12.8 Å². The predicted octanol–water partition coefficient (Wildman–Crippen LogP) is 9.77. The van der Waals surface area contributed by atoms with E-state index in [9.17, 15) is 29.3 Å². The van der Waals surface area contributed by atoms with Crippen molar-refractivity contribution in [1.82, 2.24) is 0 Å². The van der Waals surface area contributed by atoms with Crippen LogP contribution in [0.4, 0.5) is 0 Å². The highest BCUT2D eigenvalue weighted by atomic mass is 31.2. The molecule has 0 aromatic carbocycles. The normalized spacial score (nSPS) is 15.2. The summed E-state index contributed by atoms with van der Waals surface area (Å²) in [7, 11) is 0.976. The molecule has 0 saturated carbocycles. The number of unbranched alkanes of at least 4 members (excludes halogenated alkanes) is 11. The summed E-state index contributed by atoms with van der Waals surface area (Å²) in [6.07, 6.45) is 37.0. The molecule has 0 spiro atoms. The van der Waals surface area contributed by atoms with Crippen LogP contribution in [-0.4, -0.2) is 92.5 Å². The Labute approximate surface area is 352 Å². The molecule has 0 aromatic rings. The van der Waals surface area contributed by atoms with Gasteiger partial charge in [0.05, 0.1) is 40.0 Å². The first-order valence-electron chi connectivity index (χ1n) is 22.2. The van der Waals surface area contributed by atoms with Gasteiger partial charge in [0.15, 0.2) is 6.10 Å². The van der Waals surface area contributed by atoms with Crippen LogP contribution in [0.2, 0.25) is 0 Å². The van der Waals surface area contributed by atoms with Crippen LogP contribution >= 0.6 is 7.82 Å². The summed E-state index contributed by atoms with van der Waals surface area (Å²) in [6.45, 7) is 3.74. The van der Waals surface area contributed by atoms with Gasteiger partial charge in [0.25, 0.3) is 7.82 Å². The van der Waals surface area contributed by atoms with E-state index >= 15 is 0 Å². The van der Waals surface area contributed by atoms with Crippen molar-refractivity contribution in [3.8, 4) is 0 Å². The third-order valence-corrected chi connectivity index (χ3v) is 10.2. The zero-order valence-electron chi connectivity index (χ0n) is 36.9. The highest BCUT2D eigenvalue weighted by Crippen LogP contribution is 2.38. The van der Waals surface area contributed by atoms with Gasteiger partial charge in [0.2, 0.25) is 0 Å². The number of phosphoric acid groups is 1. The van der Waals surface area contributed by atoms with E-state index in [1.165, 1.54) is 51.4 Å². The van der Waals surface area contributed by atoms with Crippen LogP contribution in [0.5, 0.6) is 0 Å². The van der Waals surface area contributed by atoms with E-state index in [0.717, 1.165) is 51.4 Å². The molecule has 0 aliphatic carbocycles. The van der Waals surface area contributed by atoms with Crippen LogP contribution in [0.3, 0.4) is 0 Å². The van der Waals surface area contributed by atoms with Crippen LogP contribution in [0.1, 0.15) is 155 Å². The Morgan fingerprint density at radius 1 is 0.638 bits per heavy atom. The fourth-order valence-electron chi connectivity index (χ4n) is 5.62. The van der Waals surface area contributed by atoms with Crippen molar-refractivity contribution >= 4 is 19.8 Å². The number of aliphatic hydroxyl groups is 2. The first-order valence-corrected chi connectivity index (χ1v) is 23.6. The summed E-state index contributed by atoms with van der Waals surface area (Å²) in [4.78, 5) is 37.6. The summed E-state index contributed by atoms with van der Waals surface area (Å²) < 4.78 is 33.6. The molecule has 336 valence electrons. The lowest BCUT2D eigenvalue weighted by molar-refractivity contribution is -0.870. The number of ether oxygens (including phenoxy) is 2. The molecule has 0 fully saturated rings. The van der Waals surface area contributed by atoms with E-state index in [0.29, 0.717) is 17.4 Å². The molecule has 0 aromatic heterocycles. The second-order valence-corrected chi connectivity index (χ2v) is 17.4. The zero-order valence-corrected chi connectivity index (χ0v) is 37.8. The molecule has 0 rings (SSSR count). The molecule has 0 heterocycles. The topological polar surface area (TPSA) is 152 Å². The van der Waals surface area contributed by atoms with Crippen LogP contribution < -0.4 is 4.89 Å². The van der Waals surface area contributed by atoms with Gasteiger partial charge in [-0.2, -0.15) is 0 Å². The molecule has 0 aliphatic heterocycles. The fourth-order valence-corrected chi connectivity index (χ4v) is 6.35. The smallest absolute Gasteiger partial charge is 0.306 e. The molecule has 2 N–H and O–H groups in total. The van der Waals surface area contributed by atoms with Crippen LogP contribution in [0, 0.1) is 0 Å². The minimum atomic E-state index is -4.71. The molecule has 0 aliphatic rings. The Morgan fingerprint density at radius 3 is 1.76 bits per heavy atom. The number of phosphoric ester groups is 1. The van der Waals surface area contributed by atoms with Crippen LogP contribution in [0.25, 0.3) is 0 Å². The summed E-state index contributed by atoms with van der Waals surface area (Å²) in [5, 5.41) is 20.8. The number of carbonyl (C=O) groups excluding carboxylic acids is 2. The number of nitrogens with zero attached hydrogens (tertiary/aromatic N) is 1. The fraction of sp³-hybridized carbons (Fsp3) is 0.739. The van der Waals surface area contributed by atoms with Crippen molar-refractivity contribution in [3.63, 3.8) is 0 Å². The monoisotopic (exact) mass is 840 g/mol. The molecule has 4 atom stereocenters. The summed E-state index contributed by atoms with van der Waals surface area (Å²) in [5.41, 5.74) is 0. The second-order valence-electron chi connectivity index (χ2n) is 16.0. The predicted molar refractivity (Wildman–Crippen MR) is 234 cm³/mol. The van der Waals surface area contributed by atoms with E-state index in [1.807, 2.05) is 39.4 Å². The molecule has 11 nitrogen and oxygen atoms in total. The van der Waals surface area contributed by atoms with E-state index in [2.05, 4.69) is 56.4 Å². The third-order valence-electron chi connectivity index (χ3n) is 9.22. The lowest BCUT2D eigenvalue weighted by atomic mass is 10.0. The van der Waals surface area contributed by atoms with Gasteiger partial charge in [-0.1, -0.05) is 126 Å². The Kier molecular flexibility index (Phi) is 36.1. The number of esters is 2. The second kappa shape index (κ2) is 37.6. The third kappa shape index (κ3) is 39.1. The average Bonchev–Trinajstić information content (AvgIpc) is 3.17. The molecule has 1 unspecified atom stereocenters. The number of carbonyl (C=O) groups is 2. The van der Waals surface area contributed by atoms with Gasteiger partial charge in [-0.15, -0.1) is 0 Å².